The summed E-state index contributed by atoms with van der Waals surface area (Å²) in [6.45, 7) is 1.91. The molecule has 0 unspecified atom stereocenters. The van der Waals surface area contributed by atoms with Crippen LogP contribution in [0.2, 0.25) is 5.02 Å². The minimum absolute atomic E-state index is 0.213. The molecule has 0 saturated carbocycles. The van der Waals surface area contributed by atoms with Gasteiger partial charge in [-0.05, 0) is 60.9 Å². The Hall–Kier alpha value is -3.07. The summed E-state index contributed by atoms with van der Waals surface area (Å²) in [5.41, 5.74) is 1.33. The van der Waals surface area contributed by atoms with Crippen LogP contribution < -0.4 is 14.8 Å². The van der Waals surface area contributed by atoms with E-state index in [0.717, 1.165) is 24.8 Å². The van der Waals surface area contributed by atoms with Crippen LogP contribution in [0.1, 0.15) is 35.2 Å². The smallest absolute Gasteiger partial charge is 0.255 e. The lowest BCUT2D eigenvalue weighted by atomic mass is 10.2. The van der Waals surface area contributed by atoms with Gasteiger partial charge in [0.15, 0.2) is 0 Å². The molecule has 9 heteroatoms. The summed E-state index contributed by atoms with van der Waals surface area (Å²) in [5, 5.41) is 3.24. The first-order valence-corrected chi connectivity index (χ1v) is 13.7. The van der Waals surface area contributed by atoms with Crippen LogP contribution in [0.25, 0.3) is 0 Å². The predicted octanol–water partition coefficient (Wildman–Crippen LogP) is 4.90. The molecule has 3 aromatic carbocycles. The van der Waals surface area contributed by atoms with Gasteiger partial charge >= 0.3 is 0 Å². The number of hydrogen-bond acceptors (Lipinski definition) is 5. The predicted molar refractivity (Wildman–Crippen MR) is 139 cm³/mol. The summed E-state index contributed by atoms with van der Waals surface area (Å²) in [6.07, 6.45) is 2.85. The Bertz CT molecular complexity index is 1260. The van der Waals surface area contributed by atoms with E-state index < -0.39 is 10.0 Å². The third-order valence-electron chi connectivity index (χ3n) is 5.86. The van der Waals surface area contributed by atoms with Crippen molar-refractivity contribution in [3.8, 4) is 11.5 Å². The molecule has 1 saturated heterocycles. The zero-order valence-electron chi connectivity index (χ0n) is 19.9. The molecular weight excluding hydrogens is 500 g/mol. The highest BCUT2D eigenvalue weighted by Gasteiger charge is 2.25. The summed E-state index contributed by atoms with van der Waals surface area (Å²) < 4.78 is 38.6. The van der Waals surface area contributed by atoms with Crippen molar-refractivity contribution in [2.24, 2.45) is 0 Å². The number of carbonyl (C=O) groups is 1. The van der Waals surface area contributed by atoms with Crippen molar-refractivity contribution in [3.63, 3.8) is 0 Å². The zero-order valence-corrected chi connectivity index (χ0v) is 21.4. The van der Waals surface area contributed by atoms with E-state index in [1.165, 1.54) is 4.31 Å². The maximum Gasteiger partial charge on any atom is 0.255 e. The number of carbonyl (C=O) groups excluding carboxylic acids is 1. The highest BCUT2D eigenvalue weighted by atomic mass is 35.5. The number of amides is 1. The largest absolute Gasteiger partial charge is 0.492 e. The molecule has 1 N–H and O–H groups in total. The lowest BCUT2D eigenvalue weighted by Crippen LogP contribution is -2.35. The summed E-state index contributed by atoms with van der Waals surface area (Å²) in [6, 6.07) is 21.0. The number of ether oxygens (including phenoxy) is 2. The molecule has 190 valence electrons. The minimum atomic E-state index is -3.48. The van der Waals surface area contributed by atoms with Gasteiger partial charge in [0.1, 0.15) is 24.7 Å². The quantitative estimate of drug-likeness (QED) is 0.378. The Morgan fingerprint density at radius 2 is 1.64 bits per heavy atom. The van der Waals surface area contributed by atoms with E-state index in [9.17, 15) is 13.2 Å². The number of nitrogens with zero attached hydrogens (tertiary/aromatic N) is 1. The van der Waals surface area contributed by atoms with Gasteiger partial charge in [0, 0.05) is 18.1 Å². The Morgan fingerprint density at radius 3 is 2.36 bits per heavy atom. The molecule has 36 heavy (non-hydrogen) atoms. The molecule has 0 aliphatic carbocycles. The van der Waals surface area contributed by atoms with Crippen LogP contribution in [0.15, 0.2) is 77.7 Å². The van der Waals surface area contributed by atoms with E-state index in [-0.39, 0.29) is 24.0 Å². The molecule has 0 bridgehead atoms. The summed E-state index contributed by atoms with van der Waals surface area (Å²) >= 11 is 6.11. The number of piperidine rings is 1. The molecule has 1 aliphatic rings. The number of nitrogens with one attached hydrogen (secondary N) is 1. The molecule has 4 rings (SSSR count). The zero-order chi connectivity index (χ0) is 25.4. The second-order valence-corrected chi connectivity index (χ2v) is 10.8. The first kappa shape index (κ1) is 26.0. The van der Waals surface area contributed by atoms with E-state index in [1.54, 1.807) is 42.5 Å². The summed E-state index contributed by atoms with van der Waals surface area (Å²) in [5.74, 6) is 0.635. The third kappa shape index (κ3) is 6.78. The molecule has 1 aliphatic heterocycles. The SMILES string of the molecule is O=C(NCCOc1ccc(S(=O)(=O)N2CCCCC2)cc1)c1cc(Cl)ccc1OCc1ccccc1. The van der Waals surface area contributed by atoms with Gasteiger partial charge in [-0.1, -0.05) is 48.4 Å². The number of hydrogen-bond donors (Lipinski definition) is 1. The van der Waals surface area contributed by atoms with Crippen LogP contribution in [0.4, 0.5) is 0 Å². The average Bonchev–Trinajstić information content (AvgIpc) is 2.91. The van der Waals surface area contributed by atoms with Gasteiger partial charge < -0.3 is 14.8 Å². The van der Waals surface area contributed by atoms with Gasteiger partial charge in [-0.2, -0.15) is 4.31 Å². The number of sulfonamides is 1. The van der Waals surface area contributed by atoms with Gasteiger partial charge in [-0.25, -0.2) is 8.42 Å². The van der Waals surface area contributed by atoms with Crippen molar-refractivity contribution in [1.82, 2.24) is 9.62 Å². The van der Waals surface area contributed by atoms with Crippen LogP contribution in [0.3, 0.4) is 0 Å². The fourth-order valence-corrected chi connectivity index (χ4v) is 5.62. The summed E-state index contributed by atoms with van der Waals surface area (Å²) in [4.78, 5) is 13.0. The molecule has 1 amide bonds. The first-order valence-electron chi connectivity index (χ1n) is 11.9. The summed E-state index contributed by atoms with van der Waals surface area (Å²) in [7, 11) is -3.48. The van der Waals surface area contributed by atoms with E-state index >= 15 is 0 Å². The Kier molecular flexibility index (Phi) is 8.85. The molecule has 0 radical (unpaired) electrons. The Labute approximate surface area is 217 Å². The fraction of sp³-hybridized carbons (Fsp3) is 0.296. The van der Waals surface area contributed by atoms with Gasteiger partial charge in [-0.15, -0.1) is 0 Å². The topological polar surface area (TPSA) is 84.9 Å². The molecule has 7 nitrogen and oxygen atoms in total. The normalized spacial score (nSPS) is 14.2. The van der Waals surface area contributed by atoms with Crippen molar-refractivity contribution in [3.05, 3.63) is 88.9 Å². The lowest BCUT2D eigenvalue weighted by molar-refractivity contribution is 0.0942. The van der Waals surface area contributed by atoms with Crippen molar-refractivity contribution in [2.45, 2.75) is 30.8 Å². The first-order chi connectivity index (χ1) is 17.4. The lowest BCUT2D eigenvalue weighted by Gasteiger charge is -2.25. The van der Waals surface area contributed by atoms with E-state index in [0.29, 0.717) is 41.8 Å². The van der Waals surface area contributed by atoms with Crippen molar-refractivity contribution >= 4 is 27.5 Å². The highest BCUT2D eigenvalue weighted by Crippen LogP contribution is 2.25. The highest BCUT2D eigenvalue weighted by molar-refractivity contribution is 7.89. The number of benzene rings is 3. The van der Waals surface area contributed by atoms with Crippen LogP contribution in [-0.4, -0.2) is 44.9 Å². The molecular formula is C27H29ClN2O5S. The van der Waals surface area contributed by atoms with Gasteiger partial charge in [0.05, 0.1) is 17.0 Å². The molecule has 3 aromatic rings. The molecule has 0 atom stereocenters. The Morgan fingerprint density at radius 1 is 0.917 bits per heavy atom. The fourth-order valence-electron chi connectivity index (χ4n) is 3.93. The van der Waals surface area contributed by atoms with Gasteiger partial charge in [0.25, 0.3) is 5.91 Å². The van der Waals surface area contributed by atoms with Crippen molar-refractivity contribution in [2.75, 3.05) is 26.2 Å². The van der Waals surface area contributed by atoms with Crippen LogP contribution in [0.5, 0.6) is 11.5 Å². The van der Waals surface area contributed by atoms with Crippen LogP contribution in [0, 0.1) is 0 Å². The standard InChI is InChI=1S/C27H29ClN2O5S/c28-22-9-14-26(35-20-21-7-3-1-4-8-21)25(19-22)27(31)29-15-18-34-23-10-12-24(13-11-23)36(32,33)30-16-5-2-6-17-30/h1,3-4,7-14,19H,2,5-6,15-18,20H2,(H,29,31). The second kappa shape index (κ2) is 12.3. The monoisotopic (exact) mass is 528 g/mol. The number of rotatable bonds is 10. The molecule has 1 fully saturated rings. The van der Waals surface area contributed by atoms with E-state index in [2.05, 4.69) is 5.32 Å². The van der Waals surface area contributed by atoms with Gasteiger partial charge in [-0.3, -0.25) is 4.79 Å². The van der Waals surface area contributed by atoms with Crippen LogP contribution in [-0.2, 0) is 16.6 Å². The second-order valence-electron chi connectivity index (χ2n) is 8.46. The maximum absolute atomic E-state index is 12.8. The molecule has 0 spiro atoms. The van der Waals surface area contributed by atoms with Crippen LogP contribution >= 0.6 is 11.6 Å². The van der Waals surface area contributed by atoms with Crippen molar-refractivity contribution < 1.29 is 22.7 Å². The molecule has 1 heterocycles. The number of halogens is 1. The third-order valence-corrected chi connectivity index (χ3v) is 8.00. The molecule has 0 aromatic heterocycles. The van der Waals surface area contributed by atoms with E-state index in [1.807, 2.05) is 30.3 Å². The Balaban J connectivity index is 1.28. The van der Waals surface area contributed by atoms with E-state index in [4.69, 9.17) is 21.1 Å². The minimum Gasteiger partial charge on any atom is -0.492 e. The average molecular weight is 529 g/mol. The van der Waals surface area contributed by atoms with Crippen molar-refractivity contribution in [1.29, 1.82) is 0 Å². The maximum atomic E-state index is 12.8. The van der Waals surface area contributed by atoms with Gasteiger partial charge in [0.2, 0.25) is 10.0 Å².